The second kappa shape index (κ2) is 14.2. The summed E-state index contributed by atoms with van der Waals surface area (Å²) in [7, 11) is 0. The third kappa shape index (κ3) is 8.73. The number of rotatable bonds is 12. The predicted molar refractivity (Wildman–Crippen MR) is 174 cm³/mol. The molecule has 0 unspecified atom stereocenters. The van der Waals surface area contributed by atoms with E-state index in [9.17, 15) is 14.7 Å². The summed E-state index contributed by atoms with van der Waals surface area (Å²) in [6.45, 7) is 8.86. The average molecular weight is 581 g/mol. The van der Waals surface area contributed by atoms with Gasteiger partial charge in [0.15, 0.2) is 0 Å². The molecule has 4 aromatic carbocycles. The van der Waals surface area contributed by atoms with Crippen LogP contribution in [0.5, 0.6) is 0 Å². The zero-order valence-electron chi connectivity index (χ0n) is 24.8. The quantitative estimate of drug-likeness (QED) is 0.164. The highest BCUT2D eigenvalue weighted by atomic mass is 32.2. The van der Waals surface area contributed by atoms with Crippen LogP contribution in [0, 0.1) is 0 Å². The van der Waals surface area contributed by atoms with E-state index in [1.807, 2.05) is 59.5 Å². The lowest BCUT2D eigenvalue weighted by Gasteiger charge is -2.24. The smallest absolute Gasteiger partial charge is 0.321 e. The Labute approximate surface area is 254 Å². The van der Waals surface area contributed by atoms with Gasteiger partial charge in [-0.05, 0) is 84.7 Å². The molecule has 0 aliphatic rings. The van der Waals surface area contributed by atoms with Crippen LogP contribution in [0.4, 0.5) is 10.5 Å². The molecule has 0 spiro atoms. The van der Waals surface area contributed by atoms with Gasteiger partial charge >= 0.3 is 12.0 Å². The number of carbonyl (C=O) groups excluding carboxylic acids is 1. The van der Waals surface area contributed by atoms with E-state index in [0.29, 0.717) is 25.4 Å². The number of benzene rings is 4. The highest BCUT2D eigenvalue weighted by molar-refractivity contribution is 8.01. The second-order valence-electron chi connectivity index (χ2n) is 11.3. The number of carbonyl (C=O) groups is 2. The molecular weight excluding hydrogens is 540 g/mol. The maximum atomic E-state index is 13.4. The van der Waals surface area contributed by atoms with Crippen LogP contribution in [0.1, 0.15) is 50.3 Å². The fourth-order valence-electron chi connectivity index (χ4n) is 4.55. The first-order valence-corrected chi connectivity index (χ1v) is 15.2. The fraction of sp³-hybridized carbons (Fsp3) is 0.278. The molecule has 6 heteroatoms. The Balaban J connectivity index is 1.43. The first kappa shape index (κ1) is 30.9. The fourth-order valence-corrected chi connectivity index (χ4v) is 5.50. The zero-order chi connectivity index (χ0) is 30.1. The maximum absolute atomic E-state index is 13.4. The molecule has 2 N–H and O–H groups in total. The molecule has 0 saturated heterocycles. The minimum Gasteiger partial charge on any atom is -0.480 e. The first-order valence-electron chi connectivity index (χ1n) is 14.4. The number of nitrogens with one attached hydrogen (secondary N) is 1. The van der Waals surface area contributed by atoms with E-state index < -0.39 is 10.7 Å². The van der Waals surface area contributed by atoms with Crippen molar-refractivity contribution in [2.24, 2.45) is 0 Å². The number of anilines is 1. The van der Waals surface area contributed by atoms with Gasteiger partial charge in [0, 0.05) is 23.7 Å². The van der Waals surface area contributed by atoms with Crippen LogP contribution in [0.2, 0.25) is 0 Å². The Kier molecular flexibility index (Phi) is 10.5. The van der Waals surface area contributed by atoms with E-state index in [1.165, 1.54) is 34.0 Å². The van der Waals surface area contributed by atoms with Gasteiger partial charge in [-0.1, -0.05) is 92.7 Å². The number of nitrogens with zero attached hydrogens (tertiary/aromatic N) is 1. The first-order chi connectivity index (χ1) is 20.1. The van der Waals surface area contributed by atoms with Crippen molar-refractivity contribution in [2.45, 2.75) is 56.1 Å². The number of thioether (sulfide) groups is 1. The summed E-state index contributed by atoms with van der Waals surface area (Å²) in [6, 6.07) is 34.7. The molecule has 0 saturated carbocycles. The van der Waals surface area contributed by atoms with Crippen molar-refractivity contribution in [3.63, 3.8) is 0 Å². The lowest BCUT2D eigenvalue weighted by atomic mass is 10.0. The molecule has 0 aromatic heterocycles. The van der Waals surface area contributed by atoms with E-state index in [4.69, 9.17) is 0 Å². The Hall–Kier alpha value is -4.03. The molecule has 4 rings (SSSR count). The minimum atomic E-state index is -0.900. The number of aliphatic carboxylic acids is 1. The number of carboxylic acid groups (broad SMARTS) is 1. The van der Waals surface area contributed by atoms with Crippen LogP contribution in [0.25, 0.3) is 11.1 Å². The monoisotopic (exact) mass is 580 g/mol. The van der Waals surface area contributed by atoms with Crippen molar-refractivity contribution in [1.29, 1.82) is 0 Å². The second-order valence-corrected chi connectivity index (χ2v) is 13.0. The molecule has 0 heterocycles. The Morgan fingerprint density at radius 2 is 1.29 bits per heavy atom. The molecule has 42 heavy (non-hydrogen) atoms. The number of hydrogen-bond acceptors (Lipinski definition) is 3. The summed E-state index contributed by atoms with van der Waals surface area (Å²) >= 11 is 1.33. The highest BCUT2D eigenvalue weighted by Gasteiger charge is 2.28. The summed E-state index contributed by atoms with van der Waals surface area (Å²) in [5.41, 5.74) is 6.65. The summed E-state index contributed by atoms with van der Waals surface area (Å²) < 4.78 is -0.900. The molecule has 5 nitrogen and oxygen atoms in total. The van der Waals surface area contributed by atoms with Crippen LogP contribution >= 0.6 is 11.8 Å². The van der Waals surface area contributed by atoms with Gasteiger partial charge in [-0.25, -0.2) is 4.79 Å². The lowest BCUT2D eigenvalue weighted by Crippen LogP contribution is -2.38. The highest BCUT2D eigenvalue weighted by Crippen LogP contribution is 2.32. The molecule has 2 amide bonds. The molecule has 0 fully saturated rings. The molecule has 0 atom stereocenters. The molecule has 218 valence electrons. The van der Waals surface area contributed by atoms with Gasteiger partial charge in [-0.3, -0.25) is 4.79 Å². The molecule has 0 aliphatic heterocycles. The largest absolute Gasteiger partial charge is 0.480 e. The molecule has 0 aliphatic carbocycles. The van der Waals surface area contributed by atoms with Crippen molar-refractivity contribution < 1.29 is 14.7 Å². The topological polar surface area (TPSA) is 69.6 Å². The van der Waals surface area contributed by atoms with E-state index in [2.05, 4.69) is 67.7 Å². The molecule has 4 aromatic rings. The lowest BCUT2D eigenvalue weighted by molar-refractivity contribution is -0.138. The van der Waals surface area contributed by atoms with E-state index >= 15 is 0 Å². The van der Waals surface area contributed by atoms with Crippen molar-refractivity contribution in [3.8, 4) is 11.1 Å². The van der Waals surface area contributed by atoms with Crippen LogP contribution in [-0.2, 0) is 17.6 Å². The van der Waals surface area contributed by atoms with Crippen LogP contribution in [-0.4, -0.2) is 39.8 Å². The summed E-state index contributed by atoms with van der Waals surface area (Å²) in [4.78, 5) is 27.7. The molecule has 0 radical (unpaired) electrons. The number of amides is 2. The van der Waals surface area contributed by atoms with Gasteiger partial charge in [-0.15, -0.1) is 11.8 Å². The van der Waals surface area contributed by atoms with E-state index in [1.54, 1.807) is 13.8 Å². The van der Waals surface area contributed by atoms with Crippen molar-refractivity contribution in [3.05, 3.63) is 120 Å². The predicted octanol–water partition coefficient (Wildman–Crippen LogP) is 8.75. The standard InChI is InChI=1S/C36H40N2O3S/c1-26(2)29-16-18-32(19-17-29)37-35(41)38(24-22-27-10-14-31(15-11-27)30-8-6-5-7-9-30)25-23-28-12-20-33(21-13-28)42-36(3,4)34(39)40/h5-21,26H,22-25H2,1-4H3,(H,37,41)(H,39,40). The zero-order valence-corrected chi connectivity index (χ0v) is 25.7. The average Bonchev–Trinajstić information content (AvgIpc) is 2.98. The maximum Gasteiger partial charge on any atom is 0.321 e. The summed E-state index contributed by atoms with van der Waals surface area (Å²) in [5.74, 6) is -0.411. The third-order valence-corrected chi connectivity index (χ3v) is 8.52. The number of carboxylic acids is 1. The summed E-state index contributed by atoms with van der Waals surface area (Å²) in [5, 5.41) is 12.5. The van der Waals surface area contributed by atoms with Gasteiger partial charge < -0.3 is 15.3 Å². The minimum absolute atomic E-state index is 0.122. The Morgan fingerprint density at radius 1 is 0.762 bits per heavy atom. The van der Waals surface area contributed by atoms with Gasteiger partial charge in [0.1, 0.15) is 4.75 Å². The third-order valence-electron chi connectivity index (χ3n) is 7.33. The van der Waals surface area contributed by atoms with Crippen LogP contribution in [0.15, 0.2) is 108 Å². The van der Waals surface area contributed by atoms with Gasteiger partial charge in [0.25, 0.3) is 0 Å². The van der Waals surface area contributed by atoms with Crippen LogP contribution in [0.3, 0.4) is 0 Å². The molecular formula is C36H40N2O3S. The summed E-state index contributed by atoms with van der Waals surface area (Å²) in [6.07, 6.45) is 1.44. The van der Waals surface area contributed by atoms with Gasteiger partial charge in [-0.2, -0.15) is 0 Å². The van der Waals surface area contributed by atoms with Gasteiger partial charge in [0.05, 0.1) is 0 Å². The van der Waals surface area contributed by atoms with Crippen molar-refractivity contribution in [1.82, 2.24) is 4.90 Å². The van der Waals surface area contributed by atoms with Crippen LogP contribution < -0.4 is 5.32 Å². The Morgan fingerprint density at radius 3 is 1.81 bits per heavy atom. The number of hydrogen-bond donors (Lipinski definition) is 2. The normalized spacial score (nSPS) is 11.4. The van der Waals surface area contributed by atoms with E-state index in [-0.39, 0.29) is 6.03 Å². The van der Waals surface area contributed by atoms with Crippen molar-refractivity contribution in [2.75, 3.05) is 18.4 Å². The Bertz CT molecular complexity index is 1450. The SMILES string of the molecule is CC(C)c1ccc(NC(=O)N(CCc2ccc(SC(C)(C)C(=O)O)cc2)CCc2ccc(-c3ccccc3)cc2)cc1. The van der Waals surface area contributed by atoms with Gasteiger partial charge in [0.2, 0.25) is 0 Å². The van der Waals surface area contributed by atoms with E-state index in [0.717, 1.165) is 22.6 Å². The van der Waals surface area contributed by atoms with Crippen molar-refractivity contribution >= 4 is 29.4 Å². The number of urea groups is 1. The molecule has 0 bridgehead atoms.